The summed E-state index contributed by atoms with van der Waals surface area (Å²) in [6, 6.07) is 12.3. The number of nitrogens with zero attached hydrogens (tertiary/aromatic N) is 2. The summed E-state index contributed by atoms with van der Waals surface area (Å²) in [6.45, 7) is 0. The number of halogens is 2. The number of rotatable bonds is 4. The average molecular weight is 440 g/mol. The van der Waals surface area contributed by atoms with Gasteiger partial charge in [0.1, 0.15) is 17.1 Å². The summed E-state index contributed by atoms with van der Waals surface area (Å²) >= 11 is 6.12. The van der Waals surface area contributed by atoms with E-state index in [9.17, 15) is 18.8 Å². The zero-order valence-electron chi connectivity index (χ0n) is 16.1. The number of anilines is 1. The smallest absolute Gasteiger partial charge is 0.335 e. The number of carbonyl (C=O) groups excluding carboxylic acids is 3. The van der Waals surface area contributed by atoms with Crippen LogP contribution in [0.25, 0.3) is 11.8 Å². The Kier molecular flexibility index (Phi) is 5.31. The van der Waals surface area contributed by atoms with Gasteiger partial charge >= 0.3 is 6.03 Å². The van der Waals surface area contributed by atoms with E-state index < -0.39 is 23.7 Å². The van der Waals surface area contributed by atoms with Crippen LogP contribution < -0.4 is 15.0 Å². The van der Waals surface area contributed by atoms with Crippen molar-refractivity contribution in [3.8, 4) is 11.4 Å². The van der Waals surface area contributed by atoms with Crippen molar-refractivity contribution in [3.05, 3.63) is 82.9 Å². The lowest BCUT2D eigenvalue weighted by atomic mass is 10.1. The van der Waals surface area contributed by atoms with Crippen LogP contribution in [0.1, 0.15) is 5.69 Å². The summed E-state index contributed by atoms with van der Waals surface area (Å²) in [4.78, 5) is 38.5. The number of nitrogens with one attached hydrogen (secondary N) is 1. The highest BCUT2D eigenvalue weighted by molar-refractivity contribution is 6.39. The lowest BCUT2D eigenvalue weighted by Gasteiger charge is -2.26. The first-order valence-electron chi connectivity index (χ1n) is 9.07. The van der Waals surface area contributed by atoms with E-state index in [1.54, 1.807) is 41.1 Å². The SMILES string of the molecule is COc1ccc(Cl)cc1-n1cccc1C=C1C(=O)NC(=O)N(c2ccc(F)cc2)C1=O. The fourth-order valence-corrected chi connectivity index (χ4v) is 3.38. The molecule has 3 aromatic rings. The largest absolute Gasteiger partial charge is 0.495 e. The first-order valence-corrected chi connectivity index (χ1v) is 9.45. The Balaban J connectivity index is 1.77. The van der Waals surface area contributed by atoms with Gasteiger partial charge in [-0.05, 0) is 60.7 Å². The molecular weight excluding hydrogens is 425 g/mol. The lowest BCUT2D eigenvalue weighted by Crippen LogP contribution is -2.54. The normalized spacial score (nSPS) is 15.4. The second kappa shape index (κ2) is 8.08. The molecule has 0 atom stereocenters. The van der Waals surface area contributed by atoms with Crippen molar-refractivity contribution in [2.75, 3.05) is 12.0 Å². The van der Waals surface area contributed by atoms with Crippen molar-refractivity contribution in [1.82, 2.24) is 9.88 Å². The maximum Gasteiger partial charge on any atom is 0.335 e. The third-order valence-electron chi connectivity index (χ3n) is 4.66. The van der Waals surface area contributed by atoms with E-state index in [0.29, 0.717) is 22.2 Å². The van der Waals surface area contributed by atoms with Crippen LogP contribution in [0, 0.1) is 5.82 Å². The van der Waals surface area contributed by atoms with E-state index in [-0.39, 0.29) is 11.3 Å². The van der Waals surface area contributed by atoms with Gasteiger partial charge in [-0.3, -0.25) is 14.9 Å². The van der Waals surface area contributed by atoms with E-state index in [0.717, 1.165) is 17.0 Å². The molecule has 7 nitrogen and oxygen atoms in total. The van der Waals surface area contributed by atoms with Gasteiger partial charge in [-0.1, -0.05) is 11.6 Å². The summed E-state index contributed by atoms with van der Waals surface area (Å²) in [5.74, 6) is -1.65. The summed E-state index contributed by atoms with van der Waals surface area (Å²) < 4.78 is 20.3. The molecule has 2 heterocycles. The van der Waals surface area contributed by atoms with Crippen molar-refractivity contribution in [2.45, 2.75) is 0 Å². The Morgan fingerprint density at radius 3 is 2.52 bits per heavy atom. The van der Waals surface area contributed by atoms with Gasteiger partial charge in [0, 0.05) is 16.9 Å². The third-order valence-corrected chi connectivity index (χ3v) is 4.89. The predicted molar refractivity (Wildman–Crippen MR) is 113 cm³/mol. The maximum atomic E-state index is 13.2. The summed E-state index contributed by atoms with van der Waals surface area (Å²) in [7, 11) is 1.51. The van der Waals surface area contributed by atoms with E-state index in [1.807, 2.05) is 0 Å². The number of hydrogen-bond donors (Lipinski definition) is 1. The maximum absolute atomic E-state index is 13.2. The first-order chi connectivity index (χ1) is 14.9. The van der Waals surface area contributed by atoms with Crippen LogP contribution in [0.2, 0.25) is 5.02 Å². The standard InChI is InChI=1S/C22H15ClFN3O4/c1-31-19-9-4-13(23)11-18(19)26-10-2-3-16(26)12-17-20(28)25-22(30)27(21(17)29)15-7-5-14(24)6-8-15/h2-12H,1H3,(H,25,28,30). The molecule has 31 heavy (non-hydrogen) atoms. The molecular formula is C22H15ClFN3O4. The van der Waals surface area contributed by atoms with Gasteiger partial charge in [-0.25, -0.2) is 14.1 Å². The summed E-state index contributed by atoms with van der Waals surface area (Å²) in [6.07, 6.45) is 3.08. The molecule has 9 heteroatoms. The van der Waals surface area contributed by atoms with Gasteiger partial charge in [0.25, 0.3) is 11.8 Å². The highest BCUT2D eigenvalue weighted by Gasteiger charge is 2.37. The number of aromatic nitrogens is 1. The fraction of sp³-hybridized carbons (Fsp3) is 0.0455. The molecule has 1 N–H and O–H groups in total. The van der Waals surface area contributed by atoms with Gasteiger partial charge in [-0.2, -0.15) is 0 Å². The number of methoxy groups -OCH3 is 1. The molecule has 1 aliphatic heterocycles. The molecule has 4 amide bonds. The minimum Gasteiger partial charge on any atom is -0.495 e. The van der Waals surface area contributed by atoms with Crippen LogP contribution >= 0.6 is 11.6 Å². The fourth-order valence-electron chi connectivity index (χ4n) is 3.21. The predicted octanol–water partition coefficient (Wildman–Crippen LogP) is 3.94. The third kappa shape index (κ3) is 3.80. The molecule has 0 unspecified atom stereocenters. The van der Waals surface area contributed by atoms with E-state index in [1.165, 1.54) is 25.3 Å². The quantitative estimate of drug-likeness (QED) is 0.493. The van der Waals surface area contributed by atoms with Crippen LogP contribution in [0.4, 0.5) is 14.9 Å². The summed E-state index contributed by atoms with van der Waals surface area (Å²) in [5.41, 5.74) is 0.952. The van der Waals surface area contributed by atoms with Crippen molar-refractivity contribution in [3.63, 3.8) is 0 Å². The van der Waals surface area contributed by atoms with Gasteiger partial charge in [0.05, 0.1) is 18.5 Å². The van der Waals surface area contributed by atoms with E-state index >= 15 is 0 Å². The zero-order valence-corrected chi connectivity index (χ0v) is 16.9. The Bertz CT molecular complexity index is 1230. The van der Waals surface area contributed by atoms with Crippen LogP contribution in [0.5, 0.6) is 5.75 Å². The minimum atomic E-state index is -0.911. The first kappa shape index (κ1) is 20.4. The minimum absolute atomic E-state index is 0.134. The zero-order chi connectivity index (χ0) is 22.1. The van der Waals surface area contributed by atoms with Crippen molar-refractivity contribution < 1.29 is 23.5 Å². The second-order valence-corrected chi connectivity index (χ2v) is 6.99. The van der Waals surface area contributed by atoms with Crippen LogP contribution in [0.15, 0.2) is 66.4 Å². The van der Waals surface area contributed by atoms with Crippen LogP contribution in [0.3, 0.4) is 0 Å². The number of imide groups is 2. The highest BCUT2D eigenvalue weighted by Crippen LogP contribution is 2.29. The number of barbiturate groups is 1. The van der Waals surface area contributed by atoms with E-state index in [2.05, 4.69) is 5.32 Å². The molecule has 1 fully saturated rings. The monoisotopic (exact) mass is 439 g/mol. The van der Waals surface area contributed by atoms with Crippen LogP contribution in [-0.4, -0.2) is 29.5 Å². The van der Waals surface area contributed by atoms with E-state index in [4.69, 9.17) is 16.3 Å². The lowest BCUT2D eigenvalue weighted by molar-refractivity contribution is -0.122. The molecule has 0 saturated carbocycles. The number of benzene rings is 2. The molecule has 0 aliphatic carbocycles. The molecule has 0 bridgehead atoms. The molecule has 0 spiro atoms. The molecule has 4 rings (SSSR count). The number of urea groups is 1. The Morgan fingerprint density at radius 2 is 1.81 bits per heavy atom. The Morgan fingerprint density at radius 1 is 1.06 bits per heavy atom. The number of hydrogen-bond acceptors (Lipinski definition) is 4. The summed E-state index contributed by atoms with van der Waals surface area (Å²) in [5, 5.41) is 2.61. The average Bonchev–Trinajstić information content (AvgIpc) is 3.20. The Labute approximate surface area is 181 Å². The number of ether oxygens (including phenoxy) is 1. The van der Waals surface area contributed by atoms with Gasteiger partial charge in [0.15, 0.2) is 0 Å². The number of amides is 4. The van der Waals surface area contributed by atoms with Crippen LogP contribution in [-0.2, 0) is 9.59 Å². The topological polar surface area (TPSA) is 80.6 Å². The Hall–Kier alpha value is -3.91. The van der Waals surface area contributed by atoms with Gasteiger partial charge in [-0.15, -0.1) is 0 Å². The molecule has 1 aliphatic rings. The van der Waals surface area contributed by atoms with Crippen molar-refractivity contribution >= 4 is 41.2 Å². The highest BCUT2D eigenvalue weighted by atomic mass is 35.5. The molecule has 1 saturated heterocycles. The van der Waals surface area contributed by atoms with Gasteiger partial charge in [0.2, 0.25) is 0 Å². The second-order valence-electron chi connectivity index (χ2n) is 6.55. The molecule has 0 radical (unpaired) electrons. The van der Waals surface area contributed by atoms with Crippen molar-refractivity contribution in [2.24, 2.45) is 0 Å². The molecule has 2 aromatic carbocycles. The molecule has 1 aromatic heterocycles. The van der Waals surface area contributed by atoms with Crippen molar-refractivity contribution in [1.29, 1.82) is 0 Å². The van der Waals surface area contributed by atoms with Gasteiger partial charge < -0.3 is 9.30 Å². The number of carbonyl (C=O) groups is 3. The molecule has 156 valence electrons.